The van der Waals surface area contributed by atoms with Gasteiger partial charge in [0, 0.05) is 6.07 Å². The van der Waals surface area contributed by atoms with Crippen LogP contribution in [0.5, 0.6) is 0 Å². The molecule has 0 spiro atoms. The Morgan fingerprint density at radius 2 is 1.88 bits per heavy atom. The van der Waals surface area contributed by atoms with Crippen LogP contribution in [0, 0.1) is 0 Å². The maximum atomic E-state index is 11.2. The normalized spacial score (nSPS) is 10.8. The molecule has 0 aliphatic rings. The number of hydrogen-bond acceptors (Lipinski definition) is 3. The van der Waals surface area contributed by atoms with Gasteiger partial charge in [0.1, 0.15) is 0 Å². The molecule has 4 heteroatoms. The van der Waals surface area contributed by atoms with Gasteiger partial charge >= 0.3 is 5.63 Å². The Kier molecular flexibility index (Phi) is 1.86. The van der Waals surface area contributed by atoms with Crippen molar-refractivity contribution in [3.8, 4) is 5.69 Å². The van der Waals surface area contributed by atoms with Gasteiger partial charge in [0.05, 0.1) is 17.3 Å². The van der Waals surface area contributed by atoms with Crippen molar-refractivity contribution in [2.24, 2.45) is 0 Å². The van der Waals surface area contributed by atoms with E-state index in [1.165, 1.54) is 6.07 Å². The molecule has 0 radical (unpaired) electrons. The molecule has 0 fully saturated rings. The summed E-state index contributed by atoms with van der Waals surface area (Å²) in [5.41, 5.74) is 0.968. The Morgan fingerprint density at radius 1 is 1.06 bits per heavy atom. The van der Waals surface area contributed by atoms with E-state index in [-0.39, 0.29) is 5.63 Å². The predicted octanol–water partition coefficient (Wildman–Crippen LogP) is 1.98. The Morgan fingerprint density at radius 3 is 2.69 bits per heavy atom. The molecule has 0 N–H and O–H groups in total. The molecule has 3 aromatic rings. The van der Waals surface area contributed by atoms with Gasteiger partial charge in [-0.3, -0.25) is 0 Å². The highest BCUT2D eigenvalue weighted by atomic mass is 16.4. The van der Waals surface area contributed by atoms with Crippen LogP contribution in [0.2, 0.25) is 0 Å². The van der Waals surface area contributed by atoms with Crippen LogP contribution >= 0.6 is 0 Å². The predicted molar refractivity (Wildman–Crippen MR) is 59.6 cm³/mol. The largest absolute Gasteiger partial charge is 0.403 e. The summed E-state index contributed by atoms with van der Waals surface area (Å²) < 4.78 is 6.74. The van der Waals surface area contributed by atoms with Gasteiger partial charge in [-0.15, -0.1) is 0 Å². The fourth-order valence-corrected chi connectivity index (χ4v) is 1.61. The van der Waals surface area contributed by atoms with Crippen LogP contribution in [-0.4, -0.2) is 9.78 Å². The summed E-state index contributed by atoms with van der Waals surface area (Å²) in [4.78, 5) is 11.2. The van der Waals surface area contributed by atoms with Gasteiger partial charge in [0.2, 0.25) is 5.71 Å². The molecule has 0 amide bonds. The molecule has 0 saturated carbocycles. The highest BCUT2D eigenvalue weighted by Gasteiger charge is 2.06. The Bertz CT molecular complexity index is 683. The van der Waals surface area contributed by atoms with Crippen LogP contribution in [0.25, 0.3) is 16.8 Å². The molecule has 0 bridgehead atoms. The van der Waals surface area contributed by atoms with Gasteiger partial charge in [-0.25, -0.2) is 9.48 Å². The van der Waals surface area contributed by atoms with Crippen molar-refractivity contribution >= 4 is 11.1 Å². The second-order valence-electron chi connectivity index (χ2n) is 3.41. The molecule has 2 aromatic heterocycles. The van der Waals surface area contributed by atoms with E-state index < -0.39 is 0 Å². The van der Waals surface area contributed by atoms with Gasteiger partial charge in [0.15, 0.2) is 0 Å². The Hall–Kier alpha value is -2.36. The SMILES string of the molecule is O=c1ccc2cnn(-c3ccccc3)c2o1. The van der Waals surface area contributed by atoms with Gasteiger partial charge in [-0.05, 0) is 18.2 Å². The summed E-state index contributed by atoms with van der Waals surface area (Å²) in [6.45, 7) is 0. The minimum absolute atomic E-state index is 0.370. The third-order valence-electron chi connectivity index (χ3n) is 2.35. The molecule has 0 aliphatic carbocycles. The van der Waals surface area contributed by atoms with Crippen molar-refractivity contribution in [1.82, 2.24) is 9.78 Å². The fraction of sp³-hybridized carbons (Fsp3) is 0. The lowest BCUT2D eigenvalue weighted by atomic mass is 10.3. The first-order chi connectivity index (χ1) is 7.84. The first-order valence-corrected chi connectivity index (χ1v) is 4.88. The van der Waals surface area contributed by atoms with Crippen molar-refractivity contribution < 1.29 is 4.42 Å². The lowest BCUT2D eigenvalue weighted by Gasteiger charge is -2.00. The van der Waals surface area contributed by atoms with Crippen LogP contribution < -0.4 is 5.63 Å². The number of hydrogen-bond donors (Lipinski definition) is 0. The average Bonchev–Trinajstić information content (AvgIpc) is 2.73. The molecule has 78 valence electrons. The van der Waals surface area contributed by atoms with Gasteiger partial charge < -0.3 is 4.42 Å². The van der Waals surface area contributed by atoms with E-state index in [0.29, 0.717) is 5.71 Å². The molecular formula is C12H8N2O2. The number of benzene rings is 1. The Labute approximate surface area is 90.7 Å². The summed E-state index contributed by atoms with van der Waals surface area (Å²) in [5, 5.41) is 5.00. The smallest absolute Gasteiger partial charge is 0.337 e. The van der Waals surface area contributed by atoms with Crippen molar-refractivity contribution in [3.05, 3.63) is 59.1 Å². The molecule has 0 aliphatic heterocycles. The van der Waals surface area contributed by atoms with Gasteiger partial charge in [0.25, 0.3) is 0 Å². The van der Waals surface area contributed by atoms with Crippen molar-refractivity contribution in [1.29, 1.82) is 0 Å². The minimum atomic E-state index is -0.370. The van der Waals surface area contributed by atoms with Gasteiger partial charge in [-0.1, -0.05) is 18.2 Å². The number of fused-ring (bicyclic) bond motifs is 1. The van der Waals surface area contributed by atoms with Crippen molar-refractivity contribution in [3.63, 3.8) is 0 Å². The average molecular weight is 212 g/mol. The summed E-state index contributed by atoms with van der Waals surface area (Å²) in [7, 11) is 0. The van der Waals surface area contributed by atoms with Crippen LogP contribution in [0.15, 0.2) is 57.9 Å². The van der Waals surface area contributed by atoms with E-state index in [9.17, 15) is 4.79 Å². The second-order valence-corrected chi connectivity index (χ2v) is 3.41. The van der Waals surface area contributed by atoms with Gasteiger partial charge in [-0.2, -0.15) is 5.10 Å². The van der Waals surface area contributed by atoms with Crippen molar-refractivity contribution in [2.45, 2.75) is 0 Å². The van der Waals surface area contributed by atoms with E-state index in [0.717, 1.165) is 11.1 Å². The lowest BCUT2D eigenvalue weighted by Crippen LogP contribution is -1.99. The van der Waals surface area contributed by atoms with Crippen LogP contribution in [0.4, 0.5) is 0 Å². The summed E-state index contributed by atoms with van der Waals surface area (Å²) in [6, 6.07) is 12.6. The third-order valence-corrected chi connectivity index (χ3v) is 2.35. The van der Waals surface area contributed by atoms with E-state index in [4.69, 9.17) is 4.42 Å². The summed E-state index contributed by atoms with van der Waals surface area (Å²) in [6.07, 6.45) is 1.67. The molecule has 4 nitrogen and oxygen atoms in total. The maximum Gasteiger partial charge on any atom is 0.337 e. The summed E-state index contributed by atoms with van der Waals surface area (Å²) in [5.74, 6) is 0. The second kappa shape index (κ2) is 3.34. The molecule has 2 heterocycles. The zero-order valence-electron chi connectivity index (χ0n) is 8.33. The molecule has 0 saturated heterocycles. The first kappa shape index (κ1) is 8.91. The van der Waals surface area contributed by atoms with E-state index in [2.05, 4.69) is 5.10 Å². The summed E-state index contributed by atoms with van der Waals surface area (Å²) >= 11 is 0. The van der Waals surface area contributed by atoms with Crippen LogP contribution in [0.1, 0.15) is 0 Å². The standard InChI is InChI=1S/C12H8N2O2/c15-11-7-6-9-8-13-14(12(9)16-11)10-4-2-1-3-5-10/h1-8H. The molecule has 3 rings (SSSR count). The molecule has 0 unspecified atom stereocenters. The first-order valence-electron chi connectivity index (χ1n) is 4.88. The van der Waals surface area contributed by atoms with E-state index in [1.807, 2.05) is 30.3 Å². The molecule has 16 heavy (non-hydrogen) atoms. The maximum absolute atomic E-state index is 11.2. The van der Waals surface area contributed by atoms with Crippen LogP contribution in [0.3, 0.4) is 0 Å². The number of nitrogens with zero attached hydrogens (tertiary/aromatic N) is 2. The van der Waals surface area contributed by atoms with Crippen molar-refractivity contribution in [2.75, 3.05) is 0 Å². The number of para-hydroxylation sites is 1. The number of rotatable bonds is 1. The Balaban J connectivity index is 2.33. The zero-order chi connectivity index (χ0) is 11.0. The topological polar surface area (TPSA) is 48.0 Å². The fourth-order valence-electron chi connectivity index (χ4n) is 1.61. The number of aromatic nitrogens is 2. The quantitative estimate of drug-likeness (QED) is 0.619. The van der Waals surface area contributed by atoms with Crippen LogP contribution in [-0.2, 0) is 0 Å². The molecule has 1 aromatic carbocycles. The highest BCUT2D eigenvalue weighted by molar-refractivity contribution is 5.73. The zero-order valence-corrected chi connectivity index (χ0v) is 8.33. The highest BCUT2D eigenvalue weighted by Crippen LogP contribution is 2.15. The monoisotopic (exact) mass is 212 g/mol. The van der Waals surface area contributed by atoms with E-state index in [1.54, 1.807) is 16.9 Å². The molecular weight excluding hydrogens is 204 g/mol. The van der Waals surface area contributed by atoms with E-state index >= 15 is 0 Å². The third kappa shape index (κ3) is 1.32. The minimum Gasteiger partial charge on any atom is -0.403 e. The lowest BCUT2D eigenvalue weighted by molar-refractivity contribution is 0.535. The molecule has 0 atom stereocenters.